The number of nitrogens with one attached hydrogen (secondary N) is 3. The van der Waals surface area contributed by atoms with E-state index in [2.05, 4.69) is 71.3 Å². The van der Waals surface area contributed by atoms with Gasteiger partial charge in [0.2, 0.25) is 5.91 Å². The topological polar surface area (TPSA) is 94.5 Å². The summed E-state index contributed by atoms with van der Waals surface area (Å²) in [6, 6.07) is 45.7. The first-order valence-corrected chi connectivity index (χ1v) is 15.8. The van der Waals surface area contributed by atoms with Gasteiger partial charge in [-0.3, -0.25) is 10.2 Å². The van der Waals surface area contributed by atoms with Crippen LogP contribution in [0.4, 0.5) is 10.5 Å². The van der Waals surface area contributed by atoms with E-state index in [0.717, 1.165) is 22.4 Å². The van der Waals surface area contributed by atoms with Crippen LogP contribution >= 0.6 is 0 Å². The predicted octanol–water partition coefficient (Wildman–Crippen LogP) is 7.01. The molecule has 0 saturated heterocycles. The number of fused-ring (bicyclic) bond motifs is 1. The SMILES string of the molecule is N=CN(C(=O)OCc1ccccc1)c1ccc(CNC(=O)C2(NCC(c3ccccc3)c3ccccc3)Cc3ccccc3C2)cc1. The second kappa shape index (κ2) is 14.7. The first-order valence-electron chi connectivity index (χ1n) is 15.8. The maximum Gasteiger partial charge on any atom is 0.420 e. The van der Waals surface area contributed by atoms with E-state index in [0.29, 0.717) is 31.6 Å². The Labute approximate surface area is 275 Å². The summed E-state index contributed by atoms with van der Waals surface area (Å²) in [7, 11) is 0. The summed E-state index contributed by atoms with van der Waals surface area (Å²) >= 11 is 0. The van der Waals surface area contributed by atoms with Gasteiger partial charge in [-0.15, -0.1) is 0 Å². The largest absolute Gasteiger partial charge is 0.444 e. The van der Waals surface area contributed by atoms with Crippen LogP contribution in [0.25, 0.3) is 0 Å². The summed E-state index contributed by atoms with van der Waals surface area (Å²) in [5.41, 5.74) is 6.20. The van der Waals surface area contributed by atoms with Gasteiger partial charge in [-0.05, 0) is 45.5 Å². The molecule has 0 spiro atoms. The van der Waals surface area contributed by atoms with Gasteiger partial charge in [0, 0.05) is 31.8 Å². The summed E-state index contributed by atoms with van der Waals surface area (Å²) in [5, 5.41) is 14.7. The lowest BCUT2D eigenvalue weighted by Gasteiger charge is -2.32. The molecule has 1 aliphatic carbocycles. The van der Waals surface area contributed by atoms with Crippen molar-refractivity contribution >= 4 is 24.0 Å². The average Bonchev–Trinajstić information content (AvgIpc) is 3.52. The van der Waals surface area contributed by atoms with E-state index >= 15 is 0 Å². The molecule has 5 aromatic carbocycles. The number of hydrogen-bond donors (Lipinski definition) is 3. The Hall–Kier alpha value is -5.53. The van der Waals surface area contributed by atoms with Crippen molar-refractivity contribution in [2.75, 3.05) is 11.4 Å². The van der Waals surface area contributed by atoms with Crippen molar-refractivity contribution in [3.63, 3.8) is 0 Å². The van der Waals surface area contributed by atoms with Crippen molar-refractivity contribution in [3.05, 3.63) is 173 Å². The molecule has 0 unspecified atom stereocenters. The molecular weight excluding hydrogens is 584 g/mol. The zero-order valence-corrected chi connectivity index (χ0v) is 26.1. The molecule has 47 heavy (non-hydrogen) atoms. The molecule has 0 fully saturated rings. The second-order valence-electron chi connectivity index (χ2n) is 11.8. The van der Waals surface area contributed by atoms with Crippen molar-refractivity contribution in [2.24, 2.45) is 0 Å². The molecule has 2 amide bonds. The molecule has 0 radical (unpaired) electrons. The highest BCUT2D eigenvalue weighted by atomic mass is 16.6. The maximum atomic E-state index is 14.1. The van der Waals surface area contributed by atoms with Crippen molar-refractivity contribution < 1.29 is 14.3 Å². The second-order valence-corrected chi connectivity index (χ2v) is 11.8. The minimum atomic E-state index is -0.801. The van der Waals surface area contributed by atoms with Crippen LogP contribution in [0, 0.1) is 5.41 Å². The van der Waals surface area contributed by atoms with Gasteiger partial charge in [0.15, 0.2) is 0 Å². The lowest BCUT2D eigenvalue weighted by Crippen LogP contribution is -2.58. The molecule has 1 aliphatic rings. The van der Waals surface area contributed by atoms with Gasteiger partial charge in [-0.25, -0.2) is 9.69 Å². The number of carbonyl (C=O) groups excluding carboxylic acids is 2. The third kappa shape index (κ3) is 7.48. The third-order valence-electron chi connectivity index (χ3n) is 8.78. The Balaban J connectivity index is 1.14. The molecule has 5 aromatic rings. The number of benzene rings is 5. The van der Waals surface area contributed by atoms with Crippen molar-refractivity contribution in [3.8, 4) is 0 Å². The predicted molar refractivity (Wildman–Crippen MR) is 185 cm³/mol. The molecular formula is C40H38N4O3. The fourth-order valence-corrected chi connectivity index (χ4v) is 6.22. The molecule has 7 heteroatoms. The standard InChI is InChI=1S/C40H38N4O3/c41-29-44(39(46)47-28-31-12-4-1-5-13-31)36-22-20-30(21-23-36)26-42-38(45)40(24-34-18-10-11-19-35(34)25-40)43-27-37(32-14-6-2-7-15-32)33-16-8-3-9-17-33/h1-23,29,37,41,43H,24-28H2,(H,42,45). The van der Waals surface area contributed by atoms with Gasteiger partial charge in [-0.1, -0.05) is 127 Å². The normalized spacial score (nSPS) is 13.0. The zero-order valence-electron chi connectivity index (χ0n) is 26.1. The Bertz CT molecular complexity index is 1730. The minimum Gasteiger partial charge on any atom is -0.444 e. The molecule has 6 rings (SSSR count). The summed E-state index contributed by atoms with van der Waals surface area (Å²) < 4.78 is 5.41. The van der Waals surface area contributed by atoms with E-state index < -0.39 is 11.6 Å². The highest BCUT2D eigenvalue weighted by Crippen LogP contribution is 2.32. The average molecular weight is 623 g/mol. The molecule has 0 aliphatic heterocycles. The van der Waals surface area contributed by atoms with E-state index in [1.54, 1.807) is 12.1 Å². The van der Waals surface area contributed by atoms with Crippen LogP contribution in [0.2, 0.25) is 0 Å². The van der Waals surface area contributed by atoms with Crippen molar-refractivity contribution in [1.82, 2.24) is 10.6 Å². The van der Waals surface area contributed by atoms with Gasteiger partial charge in [0.1, 0.15) is 12.1 Å². The summed E-state index contributed by atoms with van der Waals surface area (Å²) in [6.45, 7) is 1.04. The molecule has 7 nitrogen and oxygen atoms in total. The molecule has 0 saturated carbocycles. The summed E-state index contributed by atoms with van der Waals surface area (Å²) in [6.07, 6.45) is 1.51. The minimum absolute atomic E-state index is 0.0525. The van der Waals surface area contributed by atoms with E-state index in [1.807, 2.05) is 66.7 Å². The maximum absolute atomic E-state index is 14.1. The smallest absolute Gasteiger partial charge is 0.420 e. The fraction of sp³-hybridized carbons (Fsp3) is 0.175. The number of rotatable bonds is 12. The fourth-order valence-electron chi connectivity index (χ4n) is 6.22. The van der Waals surface area contributed by atoms with Crippen LogP contribution in [0.3, 0.4) is 0 Å². The van der Waals surface area contributed by atoms with Crippen LogP contribution in [0.1, 0.15) is 39.3 Å². The van der Waals surface area contributed by atoms with Crippen LogP contribution in [0.5, 0.6) is 0 Å². The Morgan fingerprint density at radius 1 is 0.723 bits per heavy atom. The Morgan fingerprint density at radius 2 is 1.26 bits per heavy atom. The van der Waals surface area contributed by atoms with Gasteiger partial charge >= 0.3 is 6.09 Å². The van der Waals surface area contributed by atoms with Gasteiger partial charge in [0.05, 0.1) is 12.0 Å². The quantitative estimate of drug-likeness (QED) is 0.103. The lowest BCUT2D eigenvalue weighted by atomic mass is 9.88. The van der Waals surface area contributed by atoms with Gasteiger partial charge < -0.3 is 15.4 Å². The molecule has 0 heterocycles. The molecule has 236 valence electrons. The van der Waals surface area contributed by atoms with Crippen LogP contribution < -0.4 is 15.5 Å². The number of amides is 2. The highest BCUT2D eigenvalue weighted by Gasteiger charge is 2.43. The van der Waals surface area contributed by atoms with Gasteiger partial charge in [-0.2, -0.15) is 0 Å². The lowest BCUT2D eigenvalue weighted by molar-refractivity contribution is -0.127. The first-order chi connectivity index (χ1) is 23.0. The number of hydrogen-bond acceptors (Lipinski definition) is 5. The molecule has 0 atom stereocenters. The van der Waals surface area contributed by atoms with Crippen LogP contribution in [0.15, 0.2) is 140 Å². The van der Waals surface area contributed by atoms with Crippen LogP contribution in [-0.4, -0.2) is 30.4 Å². The Kier molecular flexibility index (Phi) is 9.84. The number of nitrogens with zero attached hydrogens (tertiary/aromatic N) is 1. The number of carbonyl (C=O) groups is 2. The van der Waals surface area contributed by atoms with E-state index in [9.17, 15) is 9.59 Å². The van der Waals surface area contributed by atoms with Gasteiger partial charge in [0.25, 0.3) is 0 Å². The van der Waals surface area contributed by atoms with Crippen molar-refractivity contribution in [2.45, 2.75) is 37.5 Å². The number of anilines is 1. The first kappa shape index (κ1) is 31.5. The molecule has 0 bridgehead atoms. The Morgan fingerprint density at radius 3 is 1.81 bits per heavy atom. The van der Waals surface area contributed by atoms with Crippen LogP contribution in [-0.2, 0) is 35.5 Å². The van der Waals surface area contributed by atoms with E-state index in [1.165, 1.54) is 22.3 Å². The molecule has 3 N–H and O–H groups in total. The summed E-state index contributed by atoms with van der Waals surface area (Å²) in [5.74, 6) is 0.0257. The zero-order chi connectivity index (χ0) is 32.5. The van der Waals surface area contributed by atoms with Crippen molar-refractivity contribution in [1.29, 1.82) is 5.41 Å². The summed E-state index contributed by atoms with van der Waals surface area (Å²) in [4.78, 5) is 28.0. The highest BCUT2D eigenvalue weighted by molar-refractivity contribution is 6.04. The van der Waals surface area contributed by atoms with E-state index in [-0.39, 0.29) is 18.4 Å². The number of ether oxygens (including phenoxy) is 1. The third-order valence-corrected chi connectivity index (χ3v) is 8.78. The molecule has 0 aromatic heterocycles. The van der Waals surface area contributed by atoms with E-state index in [4.69, 9.17) is 10.1 Å². The monoisotopic (exact) mass is 622 g/mol.